The van der Waals surface area contributed by atoms with Gasteiger partial charge in [0.2, 0.25) is 0 Å². The molecule has 0 fully saturated rings. The van der Waals surface area contributed by atoms with E-state index in [0.717, 1.165) is 38.2 Å². The van der Waals surface area contributed by atoms with Crippen LogP contribution < -0.4 is 10.1 Å². The fraction of sp³-hybridized carbons (Fsp3) is 0.588. The monoisotopic (exact) mass is 275 g/mol. The van der Waals surface area contributed by atoms with Crippen LogP contribution in [0.3, 0.4) is 0 Å². The van der Waals surface area contributed by atoms with Gasteiger partial charge in [0.25, 0.3) is 0 Å². The van der Waals surface area contributed by atoms with Crippen molar-refractivity contribution < 1.29 is 9.53 Å². The Balaban J connectivity index is 1.68. The number of nitrogens with one attached hydrogen (secondary N) is 1. The van der Waals surface area contributed by atoms with Gasteiger partial charge in [-0.3, -0.25) is 4.79 Å². The number of hydrogen-bond acceptors (Lipinski definition) is 3. The zero-order valence-corrected chi connectivity index (χ0v) is 12.6. The summed E-state index contributed by atoms with van der Waals surface area (Å²) in [7, 11) is 0. The van der Waals surface area contributed by atoms with Crippen LogP contribution in [0.4, 0.5) is 0 Å². The van der Waals surface area contributed by atoms with Crippen molar-refractivity contribution in [3.05, 3.63) is 29.3 Å². The highest BCUT2D eigenvalue weighted by molar-refractivity contribution is 5.78. The van der Waals surface area contributed by atoms with Gasteiger partial charge in [0.1, 0.15) is 11.5 Å². The highest BCUT2D eigenvalue weighted by atomic mass is 16.5. The number of rotatable bonds is 8. The average molecular weight is 275 g/mol. The first-order valence-corrected chi connectivity index (χ1v) is 7.65. The largest absolute Gasteiger partial charge is 0.493 e. The number of fused-ring (bicyclic) bond motifs is 1. The molecule has 1 aromatic carbocycles. The van der Waals surface area contributed by atoms with E-state index in [9.17, 15) is 4.79 Å². The molecule has 0 saturated heterocycles. The summed E-state index contributed by atoms with van der Waals surface area (Å²) >= 11 is 0. The summed E-state index contributed by atoms with van der Waals surface area (Å²) in [6.07, 6.45) is 4.13. The third kappa shape index (κ3) is 4.64. The number of hydrogen-bond donors (Lipinski definition) is 1. The molecule has 0 spiro atoms. The first kappa shape index (κ1) is 15.0. The van der Waals surface area contributed by atoms with Gasteiger partial charge in [-0.25, -0.2) is 0 Å². The molecule has 0 saturated carbocycles. The van der Waals surface area contributed by atoms with Gasteiger partial charge in [0.15, 0.2) is 0 Å². The maximum Gasteiger partial charge on any atom is 0.133 e. The molecule has 1 aromatic rings. The summed E-state index contributed by atoms with van der Waals surface area (Å²) in [5.41, 5.74) is 2.54. The van der Waals surface area contributed by atoms with Gasteiger partial charge in [-0.15, -0.1) is 0 Å². The number of carbonyl (C=O) groups excluding carboxylic acids is 1. The van der Waals surface area contributed by atoms with E-state index in [2.05, 4.69) is 31.3 Å². The first-order chi connectivity index (χ1) is 9.65. The van der Waals surface area contributed by atoms with E-state index in [1.165, 1.54) is 11.1 Å². The molecular weight excluding hydrogens is 250 g/mol. The third-order valence-electron chi connectivity index (χ3n) is 3.63. The minimum atomic E-state index is 0.368. The van der Waals surface area contributed by atoms with Crippen LogP contribution in [0.5, 0.6) is 5.75 Å². The van der Waals surface area contributed by atoms with Crippen LogP contribution in [0.15, 0.2) is 18.2 Å². The molecular formula is C17H25NO2. The Morgan fingerprint density at radius 1 is 1.35 bits per heavy atom. The maximum atomic E-state index is 11.8. The molecule has 0 aromatic heterocycles. The van der Waals surface area contributed by atoms with Gasteiger partial charge < -0.3 is 10.1 Å². The van der Waals surface area contributed by atoms with Crippen molar-refractivity contribution in [2.24, 2.45) is 0 Å². The molecule has 0 radical (unpaired) electrons. The molecule has 1 aliphatic heterocycles. The Bertz CT molecular complexity index is 454. The van der Waals surface area contributed by atoms with E-state index in [0.29, 0.717) is 24.7 Å². The molecule has 1 aliphatic rings. The number of carbonyl (C=O) groups is 1. The summed E-state index contributed by atoms with van der Waals surface area (Å²) in [5.74, 6) is 1.38. The minimum Gasteiger partial charge on any atom is -0.493 e. The molecule has 0 amide bonds. The Hall–Kier alpha value is -1.35. The Kier molecular flexibility index (Phi) is 5.60. The summed E-state index contributed by atoms with van der Waals surface area (Å²) < 4.78 is 5.49. The Labute approximate surface area is 121 Å². The van der Waals surface area contributed by atoms with Gasteiger partial charge in [-0.2, -0.15) is 0 Å². The maximum absolute atomic E-state index is 11.8. The van der Waals surface area contributed by atoms with Crippen molar-refractivity contribution >= 4 is 5.78 Å². The highest BCUT2D eigenvalue weighted by Crippen LogP contribution is 2.26. The second-order valence-electron chi connectivity index (χ2n) is 5.79. The number of Topliss-reactive ketones (excluding diaryl/α,β-unsaturated/α-hetero) is 1. The third-order valence-corrected chi connectivity index (χ3v) is 3.63. The number of aryl methyl sites for hydroxylation is 1. The molecule has 0 bridgehead atoms. The SMILES string of the molecule is CC(C)NCCCC(=O)CCc1ccc2c(c1)CCO2. The predicted octanol–water partition coefficient (Wildman–Crippen LogP) is 2.90. The van der Waals surface area contributed by atoms with Crippen LogP contribution in [0.1, 0.15) is 44.2 Å². The second-order valence-corrected chi connectivity index (χ2v) is 5.79. The molecule has 2 rings (SSSR count). The normalized spacial score (nSPS) is 13.3. The van der Waals surface area contributed by atoms with Crippen LogP contribution >= 0.6 is 0 Å². The van der Waals surface area contributed by atoms with Crippen molar-refractivity contribution in [2.75, 3.05) is 13.2 Å². The summed E-state index contributed by atoms with van der Waals surface area (Å²) in [6, 6.07) is 6.81. The second kappa shape index (κ2) is 7.44. The lowest BCUT2D eigenvalue weighted by Crippen LogP contribution is -2.24. The van der Waals surface area contributed by atoms with Crippen LogP contribution in [-0.2, 0) is 17.6 Å². The van der Waals surface area contributed by atoms with Crippen LogP contribution in [0.25, 0.3) is 0 Å². The lowest BCUT2D eigenvalue weighted by Gasteiger charge is -2.07. The van der Waals surface area contributed by atoms with Gasteiger partial charge in [0.05, 0.1) is 6.61 Å². The molecule has 3 heteroatoms. The van der Waals surface area contributed by atoms with Crippen molar-refractivity contribution in [1.82, 2.24) is 5.32 Å². The topological polar surface area (TPSA) is 38.3 Å². The number of ketones is 1. The van der Waals surface area contributed by atoms with Crippen LogP contribution in [0, 0.1) is 0 Å². The van der Waals surface area contributed by atoms with Crippen molar-refractivity contribution in [1.29, 1.82) is 0 Å². The van der Waals surface area contributed by atoms with E-state index in [1.54, 1.807) is 0 Å². The lowest BCUT2D eigenvalue weighted by atomic mass is 10.0. The smallest absolute Gasteiger partial charge is 0.133 e. The molecule has 3 nitrogen and oxygen atoms in total. The predicted molar refractivity (Wildman–Crippen MR) is 81.3 cm³/mol. The summed E-state index contributed by atoms with van der Waals surface area (Å²) in [5, 5.41) is 3.34. The number of benzene rings is 1. The first-order valence-electron chi connectivity index (χ1n) is 7.65. The Morgan fingerprint density at radius 2 is 2.20 bits per heavy atom. The van der Waals surface area contributed by atoms with Gasteiger partial charge in [-0.05, 0) is 36.6 Å². The molecule has 0 unspecified atom stereocenters. The van der Waals surface area contributed by atoms with Crippen LogP contribution in [0.2, 0.25) is 0 Å². The van der Waals surface area contributed by atoms with E-state index in [-0.39, 0.29) is 0 Å². The van der Waals surface area contributed by atoms with Crippen molar-refractivity contribution in [2.45, 2.75) is 52.0 Å². The summed E-state index contributed by atoms with van der Waals surface area (Å²) in [4.78, 5) is 11.8. The Morgan fingerprint density at radius 3 is 3.00 bits per heavy atom. The fourth-order valence-corrected chi connectivity index (χ4v) is 2.48. The zero-order valence-electron chi connectivity index (χ0n) is 12.6. The van der Waals surface area contributed by atoms with Crippen molar-refractivity contribution in [3.63, 3.8) is 0 Å². The molecule has 0 atom stereocenters. The average Bonchev–Trinajstić information content (AvgIpc) is 2.88. The van der Waals surface area contributed by atoms with Gasteiger partial charge in [-0.1, -0.05) is 26.0 Å². The van der Waals surface area contributed by atoms with E-state index in [4.69, 9.17) is 4.74 Å². The van der Waals surface area contributed by atoms with Crippen molar-refractivity contribution in [3.8, 4) is 5.75 Å². The molecule has 20 heavy (non-hydrogen) atoms. The molecule has 110 valence electrons. The number of ether oxygens (including phenoxy) is 1. The fourth-order valence-electron chi connectivity index (χ4n) is 2.48. The quantitative estimate of drug-likeness (QED) is 0.741. The van der Waals surface area contributed by atoms with Gasteiger partial charge >= 0.3 is 0 Å². The molecule has 0 aliphatic carbocycles. The standard InChI is InChI=1S/C17H25NO2/c1-13(2)18-10-3-4-16(19)7-5-14-6-8-17-15(12-14)9-11-20-17/h6,8,12-13,18H,3-5,7,9-11H2,1-2H3. The zero-order chi connectivity index (χ0) is 14.4. The van der Waals surface area contributed by atoms with E-state index in [1.807, 2.05) is 6.07 Å². The summed E-state index contributed by atoms with van der Waals surface area (Å²) in [6.45, 7) is 5.97. The highest BCUT2D eigenvalue weighted by Gasteiger charge is 2.12. The lowest BCUT2D eigenvalue weighted by molar-refractivity contribution is -0.119. The molecule has 1 N–H and O–H groups in total. The van der Waals surface area contributed by atoms with Gasteiger partial charge in [0, 0.05) is 25.3 Å². The molecule has 1 heterocycles. The van der Waals surface area contributed by atoms with Crippen LogP contribution in [-0.4, -0.2) is 25.0 Å². The van der Waals surface area contributed by atoms with E-state index < -0.39 is 0 Å². The van der Waals surface area contributed by atoms with E-state index >= 15 is 0 Å². The minimum absolute atomic E-state index is 0.368.